The van der Waals surface area contributed by atoms with Gasteiger partial charge in [-0.05, 0) is 56.0 Å². The van der Waals surface area contributed by atoms with Gasteiger partial charge >= 0.3 is 0 Å². The van der Waals surface area contributed by atoms with Crippen molar-refractivity contribution in [2.75, 3.05) is 0 Å². The molecule has 0 spiro atoms. The molecule has 0 aliphatic heterocycles. The number of pyridine rings is 1. The van der Waals surface area contributed by atoms with Gasteiger partial charge in [0.2, 0.25) is 0 Å². The second-order valence-electron chi connectivity index (χ2n) is 6.57. The third-order valence-corrected chi connectivity index (χ3v) is 5.32. The first kappa shape index (κ1) is 15.2. The van der Waals surface area contributed by atoms with Crippen LogP contribution in [0.3, 0.4) is 0 Å². The number of hydrogen-bond donors (Lipinski definition) is 0. The maximum Gasteiger partial charge on any atom is 0.142 e. The van der Waals surface area contributed by atoms with Gasteiger partial charge in [-0.15, -0.1) is 0 Å². The molecule has 0 unspecified atom stereocenters. The van der Waals surface area contributed by atoms with E-state index in [-0.39, 0.29) is 10.6 Å². The molecule has 2 heterocycles. The lowest BCUT2D eigenvalue weighted by Crippen LogP contribution is -2.36. The number of benzene rings is 1. The Labute approximate surface area is 144 Å². The van der Waals surface area contributed by atoms with Crippen LogP contribution >= 0.6 is 11.6 Å². The SMILES string of the molecule is CC1(n2cc(-c3ccc(Cl)c(F)c3)c3ccc(C#N)nc32)CCC1. The summed E-state index contributed by atoms with van der Waals surface area (Å²) in [5.41, 5.74) is 2.84. The summed E-state index contributed by atoms with van der Waals surface area (Å²) in [6.07, 6.45) is 5.35. The average molecular weight is 340 g/mol. The summed E-state index contributed by atoms with van der Waals surface area (Å²) in [5.74, 6) is -0.438. The third kappa shape index (κ3) is 2.20. The van der Waals surface area contributed by atoms with E-state index >= 15 is 0 Å². The number of aromatic nitrogens is 2. The molecular formula is C19H15ClFN3. The zero-order valence-electron chi connectivity index (χ0n) is 13.2. The molecule has 120 valence electrons. The van der Waals surface area contributed by atoms with Gasteiger partial charge in [0.25, 0.3) is 0 Å². The number of fused-ring (bicyclic) bond motifs is 1. The Morgan fingerprint density at radius 2 is 2.08 bits per heavy atom. The van der Waals surface area contributed by atoms with E-state index in [9.17, 15) is 4.39 Å². The van der Waals surface area contributed by atoms with E-state index in [1.54, 1.807) is 12.1 Å². The molecule has 5 heteroatoms. The average Bonchev–Trinajstić information content (AvgIpc) is 2.94. The van der Waals surface area contributed by atoms with E-state index in [0.29, 0.717) is 5.69 Å². The van der Waals surface area contributed by atoms with Gasteiger partial charge in [-0.3, -0.25) is 0 Å². The smallest absolute Gasteiger partial charge is 0.142 e. The molecule has 0 amide bonds. The van der Waals surface area contributed by atoms with Crippen molar-refractivity contribution in [2.45, 2.75) is 31.7 Å². The van der Waals surface area contributed by atoms with Crippen LogP contribution in [0.5, 0.6) is 0 Å². The van der Waals surface area contributed by atoms with Crippen molar-refractivity contribution in [3.8, 4) is 17.2 Å². The summed E-state index contributed by atoms with van der Waals surface area (Å²) >= 11 is 5.81. The summed E-state index contributed by atoms with van der Waals surface area (Å²) in [6.45, 7) is 2.20. The molecule has 0 radical (unpaired) electrons. The maximum atomic E-state index is 13.9. The Morgan fingerprint density at radius 3 is 2.71 bits per heavy atom. The Hall–Kier alpha value is -2.38. The van der Waals surface area contributed by atoms with Gasteiger partial charge in [0.1, 0.15) is 23.2 Å². The van der Waals surface area contributed by atoms with Crippen molar-refractivity contribution in [1.29, 1.82) is 5.26 Å². The van der Waals surface area contributed by atoms with Gasteiger partial charge in [0.05, 0.1) is 5.02 Å². The lowest BCUT2D eigenvalue weighted by atomic mass is 9.78. The van der Waals surface area contributed by atoms with Crippen molar-refractivity contribution >= 4 is 22.6 Å². The summed E-state index contributed by atoms with van der Waals surface area (Å²) in [5, 5.41) is 10.2. The Kier molecular flexibility index (Phi) is 3.36. The van der Waals surface area contributed by atoms with Crippen LogP contribution in [0.1, 0.15) is 31.9 Å². The molecule has 3 aromatic rings. The molecule has 0 atom stereocenters. The van der Waals surface area contributed by atoms with E-state index in [2.05, 4.69) is 22.5 Å². The predicted molar refractivity (Wildman–Crippen MR) is 92.4 cm³/mol. The highest BCUT2D eigenvalue weighted by atomic mass is 35.5. The summed E-state index contributed by atoms with van der Waals surface area (Å²) in [7, 11) is 0. The molecule has 0 bridgehead atoms. The zero-order valence-corrected chi connectivity index (χ0v) is 13.9. The Bertz CT molecular complexity index is 996. The molecule has 24 heavy (non-hydrogen) atoms. The largest absolute Gasteiger partial charge is 0.326 e. The molecule has 1 fully saturated rings. The van der Waals surface area contributed by atoms with E-state index in [1.165, 1.54) is 12.5 Å². The molecule has 0 saturated heterocycles. The number of rotatable bonds is 2. The summed E-state index contributed by atoms with van der Waals surface area (Å²) in [4.78, 5) is 4.51. The number of nitrogens with zero attached hydrogens (tertiary/aromatic N) is 3. The minimum absolute atomic E-state index is 0.00253. The predicted octanol–water partition coefficient (Wildman–Crippen LogP) is 5.27. The van der Waals surface area contributed by atoms with Crippen LogP contribution in [-0.4, -0.2) is 9.55 Å². The van der Waals surface area contributed by atoms with Gasteiger partial charge in [0.15, 0.2) is 0 Å². The summed E-state index contributed by atoms with van der Waals surface area (Å²) in [6, 6.07) is 10.5. The van der Waals surface area contributed by atoms with Gasteiger partial charge in [0, 0.05) is 22.7 Å². The Morgan fingerprint density at radius 1 is 1.29 bits per heavy atom. The highest BCUT2D eigenvalue weighted by Crippen LogP contribution is 2.43. The van der Waals surface area contributed by atoms with E-state index in [4.69, 9.17) is 16.9 Å². The standard InChI is InChI=1S/C19H15ClFN3/c1-19(7-2-8-19)24-11-15(12-3-6-16(20)17(21)9-12)14-5-4-13(10-22)23-18(14)24/h3-6,9,11H,2,7-8H2,1H3. The van der Waals surface area contributed by atoms with Gasteiger partial charge in [-0.2, -0.15) is 5.26 Å². The normalized spacial score (nSPS) is 15.9. The zero-order chi connectivity index (χ0) is 16.9. The lowest BCUT2D eigenvalue weighted by molar-refractivity contribution is 0.174. The molecule has 4 rings (SSSR count). The monoisotopic (exact) mass is 339 g/mol. The van der Waals surface area contributed by atoms with Gasteiger partial charge < -0.3 is 4.57 Å². The molecule has 1 aromatic carbocycles. The van der Waals surface area contributed by atoms with Crippen LogP contribution in [0.15, 0.2) is 36.5 Å². The quantitative estimate of drug-likeness (QED) is 0.638. The molecule has 1 aliphatic carbocycles. The van der Waals surface area contributed by atoms with Crippen LogP contribution in [-0.2, 0) is 5.54 Å². The second kappa shape index (κ2) is 5.32. The summed E-state index contributed by atoms with van der Waals surface area (Å²) < 4.78 is 16.1. The first-order chi connectivity index (χ1) is 11.5. The number of nitriles is 1. The fourth-order valence-corrected chi connectivity index (χ4v) is 3.52. The van der Waals surface area contributed by atoms with Crippen molar-refractivity contribution in [3.05, 3.63) is 53.1 Å². The second-order valence-corrected chi connectivity index (χ2v) is 6.98. The fourth-order valence-electron chi connectivity index (χ4n) is 3.40. The topological polar surface area (TPSA) is 41.6 Å². The molecule has 2 aromatic heterocycles. The molecular weight excluding hydrogens is 325 g/mol. The van der Waals surface area contributed by atoms with Crippen LogP contribution in [0, 0.1) is 17.1 Å². The highest BCUT2D eigenvalue weighted by Gasteiger charge is 2.35. The van der Waals surface area contributed by atoms with Crippen LogP contribution in [0.2, 0.25) is 5.02 Å². The minimum atomic E-state index is -0.438. The molecule has 3 nitrogen and oxygen atoms in total. The van der Waals surface area contributed by atoms with Crippen molar-refractivity contribution in [3.63, 3.8) is 0 Å². The minimum Gasteiger partial charge on any atom is -0.326 e. The van der Waals surface area contributed by atoms with E-state index in [0.717, 1.165) is 35.0 Å². The third-order valence-electron chi connectivity index (χ3n) is 5.01. The maximum absolute atomic E-state index is 13.9. The van der Waals surface area contributed by atoms with Gasteiger partial charge in [-0.1, -0.05) is 17.7 Å². The van der Waals surface area contributed by atoms with Crippen molar-refractivity contribution < 1.29 is 4.39 Å². The molecule has 1 saturated carbocycles. The lowest BCUT2D eigenvalue weighted by Gasteiger charge is -2.40. The van der Waals surface area contributed by atoms with Crippen LogP contribution in [0.25, 0.3) is 22.2 Å². The number of hydrogen-bond acceptors (Lipinski definition) is 2. The fraction of sp³-hybridized carbons (Fsp3) is 0.263. The van der Waals surface area contributed by atoms with Gasteiger partial charge in [-0.25, -0.2) is 9.37 Å². The van der Waals surface area contributed by atoms with Crippen molar-refractivity contribution in [2.24, 2.45) is 0 Å². The highest BCUT2D eigenvalue weighted by molar-refractivity contribution is 6.30. The van der Waals surface area contributed by atoms with Crippen LogP contribution < -0.4 is 0 Å². The first-order valence-corrected chi connectivity index (χ1v) is 8.28. The van der Waals surface area contributed by atoms with Crippen molar-refractivity contribution in [1.82, 2.24) is 9.55 Å². The van der Waals surface area contributed by atoms with E-state index in [1.807, 2.05) is 18.3 Å². The molecule has 0 N–H and O–H groups in total. The van der Waals surface area contributed by atoms with E-state index < -0.39 is 5.82 Å². The van der Waals surface area contributed by atoms with Crippen LogP contribution in [0.4, 0.5) is 4.39 Å². The Balaban J connectivity index is 1.99. The molecule has 1 aliphatic rings. The first-order valence-electron chi connectivity index (χ1n) is 7.90. The number of halogens is 2.